The lowest BCUT2D eigenvalue weighted by Crippen LogP contribution is -2.63. The van der Waals surface area contributed by atoms with Crippen LogP contribution in [0.1, 0.15) is 83.6 Å². The second kappa shape index (κ2) is 9.36. The zero-order chi connectivity index (χ0) is 25.9. The van der Waals surface area contributed by atoms with Crippen LogP contribution in [0.4, 0.5) is 0 Å². The fourth-order valence-corrected chi connectivity index (χ4v) is 9.44. The van der Waals surface area contributed by atoms with Crippen molar-refractivity contribution in [3.8, 4) is 5.75 Å². The minimum atomic E-state index is -1.02. The molecular weight excluding hydrogens is 462 g/mol. The fourth-order valence-electron chi connectivity index (χ4n) is 9.44. The van der Waals surface area contributed by atoms with Gasteiger partial charge in [-0.1, -0.05) is 37.6 Å². The molecule has 0 amide bonds. The van der Waals surface area contributed by atoms with Crippen LogP contribution >= 0.6 is 0 Å². The van der Waals surface area contributed by atoms with Crippen molar-refractivity contribution in [2.75, 3.05) is 33.4 Å². The van der Waals surface area contributed by atoms with Crippen molar-refractivity contribution in [2.24, 2.45) is 22.7 Å². The molecule has 6 rings (SSSR count). The van der Waals surface area contributed by atoms with E-state index >= 15 is 0 Å². The van der Waals surface area contributed by atoms with Crippen molar-refractivity contribution < 1.29 is 19.7 Å². The lowest BCUT2D eigenvalue weighted by molar-refractivity contribution is -0.218. The average molecular weight is 510 g/mol. The summed E-state index contributed by atoms with van der Waals surface area (Å²) in [6.45, 7) is 9.01. The maximum Gasteiger partial charge on any atom is 0.118 e. The summed E-state index contributed by atoms with van der Waals surface area (Å²) in [4.78, 5) is 2.53. The maximum atomic E-state index is 12.5. The molecule has 5 heteroatoms. The molecule has 0 radical (unpaired) electrons. The number of methoxy groups -OCH3 is 1. The normalized spacial score (nSPS) is 43.6. The molecule has 3 saturated carbocycles. The SMILES string of the molecule is COc1ccc(C2(O)CC[C@@]3(O)[C@@H]4CC=C5CC(OCCN6CCCC6)CC[C@]5(C)[C@@H]4CC[C@]23C)cc1. The topological polar surface area (TPSA) is 62.2 Å². The van der Waals surface area contributed by atoms with E-state index in [1.165, 1.54) is 25.9 Å². The van der Waals surface area contributed by atoms with Crippen molar-refractivity contribution in [1.82, 2.24) is 4.90 Å². The minimum Gasteiger partial charge on any atom is -0.497 e. The van der Waals surface area contributed by atoms with E-state index in [4.69, 9.17) is 9.47 Å². The molecule has 4 aliphatic carbocycles. The molecule has 1 heterocycles. The summed E-state index contributed by atoms with van der Waals surface area (Å²) in [7, 11) is 1.67. The van der Waals surface area contributed by atoms with Gasteiger partial charge in [-0.3, -0.25) is 0 Å². The second-order valence-electron chi connectivity index (χ2n) is 13.3. The van der Waals surface area contributed by atoms with Gasteiger partial charge < -0.3 is 24.6 Å². The van der Waals surface area contributed by atoms with E-state index in [1.54, 1.807) is 12.7 Å². The number of hydrogen-bond donors (Lipinski definition) is 2. The Morgan fingerprint density at radius 2 is 1.70 bits per heavy atom. The number of aliphatic hydroxyl groups is 2. The molecule has 7 atom stereocenters. The van der Waals surface area contributed by atoms with Crippen molar-refractivity contribution >= 4 is 0 Å². The maximum absolute atomic E-state index is 12.5. The summed E-state index contributed by atoms with van der Waals surface area (Å²) in [5, 5.41) is 24.7. The van der Waals surface area contributed by atoms with Crippen molar-refractivity contribution in [3.63, 3.8) is 0 Å². The van der Waals surface area contributed by atoms with Gasteiger partial charge in [-0.05, 0) is 112 Å². The molecule has 5 aliphatic rings. The predicted octanol–water partition coefficient (Wildman–Crippen LogP) is 5.44. The molecule has 5 nitrogen and oxygen atoms in total. The highest BCUT2D eigenvalue weighted by Crippen LogP contribution is 2.70. The molecular formula is C32H47NO4. The van der Waals surface area contributed by atoms with Crippen molar-refractivity contribution in [3.05, 3.63) is 41.5 Å². The van der Waals surface area contributed by atoms with Gasteiger partial charge in [-0.15, -0.1) is 0 Å². The molecule has 204 valence electrons. The van der Waals surface area contributed by atoms with Crippen molar-refractivity contribution in [2.45, 2.75) is 95.4 Å². The van der Waals surface area contributed by atoms with Gasteiger partial charge in [0.25, 0.3) is 0 Å². The van der Waals surface area contributed by atoms with Gasteiger partial charge in [-0.2, -0.15) is 0 Å². The van der Waals surface area contributed by atoms with Crippen LogP contribution in [0.5, 0.6) is 5.75 Å². The van der Waals surface area contributed by atoms with E-state index in [-0.39, 0.29) is 11.3 Å². The third kappa shape index (κ3) is 3.86. The number of fused-ring (bicyclic) bond motifs is 5. The Morgan fingerprint density at radius 3 is 2.43 bits per heavy atom. The molecule has 2 unspecified atom stereocenters. The van der Waals surface area contributed by atoms with Gasteiger partial charge in [0.05, 0.1) is 31.0 Å². The first-order chi connectivity index (χ1) is 17.7. The van der Waals surface area contributed by atoms with Crippen molar-refractivity contribution in [1.29, 1.82) is 0 Å². The Hall–Kier alpha value is -1.40. The van der Waals surface area contributed by atoms with E-state index in [9.17, 15) is 10.2 Å². The van der Waals surface area contributed by atoms with Gasteiger partial charge in [0.15, 0.2) is 0 Å². The fraction of sp³-hybridized carbons (Fsp3) is 0.750. The summed E-state index contributed by atoms with van der Waals surface area (Å²) in [6.07, 6.45) is 12.9. The third-order valence-electron chi connectivity index (χ3n) is 11.9. The van der Waals surface area contributed by atoms with Crippen LogP contribution in [0.25, 0.3) is 0 Å². The summed E-state index contributed by atoms with van der Waals surface area (Å²) >= 11 is 0. The standard InChI is InChI=1S/C32H47NO4/c1-29-14-12-26(37-21-20-33-18-4-5-19-33)22-24(29)8-11-28-27(29)13-15-30(2)31(34,16-17-32(28,30)35)23-6-9-25(36-3)10-7-23/h6-10,26-28,34-35H,4-5,11-22H2,1-3H3/t26?,27-,28-,29+,30-,31?,32-/m1/s1. The van der Waals surface area contributed by atoms with E-state index in [0.29, 0.717) is 24.9 Å². The lowest BCUT2D eigenvalue weighted by Gasteiger charge is -2.62. The molecule has 0 aromatic heterocycles. The number of ether oxygens (including phenoxy) is 2. The van der Waals surface area contributed by atoms with Crippen LogP contribution in [-0.4, -0.2) is 60.2 Å². The number of nitrogens with zero attached hydrogens (tertiary/aromatic N) is 1. The van der Waals surface area contributed by atoms with Gasteiger partial charge in [0.1, 0.15) is 5.75 Å². The Kier molecular flexibility index (Phi) is 6.54. The highest BCUT2D eigenvalue weighted by molar-refractivity contribution is 5.37. The Bertz CT molecular complexity index is 1020. The minimum absolute atomic E-state index is 0.135. The average Bonchev–Trinajstić information content (AvgIpc) is 3.50. The number of likely N-dealkylation sites (tertiary alicyclic amines) is 1. The van der Waals surface area contributed by atoms with Crippen LogP contribution in [-0.2, 0) is 10.3 Å². The zero-order valence-electron chi connectivity index (χ0n) is 23.2. The number of hydrogen-bond acceptors (Lipinski definition) is 5. The Labute approximate surface area is 223 Å². The molecule has 1 aromatic carbocycles. The first kappa shape index (κ1) is 25.9. The summed E-state index contributed by atoms with van der Waals surface area (Å²) in [5.41, 5.74) is 0.170. The lowest BCUT2D eigenvalue weighted by atomic mass is 9.45. The predicted molar refractivity (Wildman–Crippen MR) is 145 cm³/mol. The van der Waals surface area contributed by atoms with Gasteiger partial charge in [0, 0.05) is 12.0 Å². The molecule has 1 aliphatic heterocycles. The van der Waals surface area contributed by atoms with Gasteiger partial charge in [0.2, 0.25) is 0 Å². The smallest absolute Gasteiger partial charge is 0.118 e. The van der Waals surface area contributed by atoms with Gasteiger partial charge >= 0.3 is 0 Å². The number of benzene rings is 1. The summed E-state index contributed by atoms with van der Waals surface area (Å²) in [5.74, 6) is 1.46. The highest BCUT2D eigenvalue weighted by atomic mass is 16.5. The molecule has 1 aromatic rings. The van der Waals surface area contributed by atoms with E-state index in [2.05, 4.69) is 24.8 Å². The van der Waals surface area contributed by atoms with E-state index in [0.717, 1.165) is 63.0 Å². The molecule has 4 fully saturated rings. The van der Waals surface area contributed by atoms with E-state index in [1.807, 2.05) is 24.3 Å². The third-order valence-corrected chi connectivity index (χ3v) is 11.9. The quantitative estimate of drug-likeness (QED) is 0.500. The van der Waals surface area contributed by atoms with Gasteiger partial charge in [-0.25, -0.2) is 0 Å². The molecule has 37 heavy (non-hydrogen) atoms. The highest BCUT2D eigenvalue weighted by Gasteiger charge is 2.71. The molecule has 2 N–H and O–H groups in total. The monoisotopic (exact) mass is 509 g/mol. The summed E-state index contributed by atoms with van der Waals surface area (Å²) < 4.78 is 11.8. The van der Waals surface area contributed by atoms with Crippen LogP contribution in [0.3, 0.4) is 0 Å². The molecule has 0 bridgehead atoms. The first-order valence-electron chi connectivity index (χ1n) is 14.9. The van der Waals surface area contributed by atoms with Crippen LogP contribution in [0.15, 0.2) is 35.9 Å². The second-order valence-corrected chi connectivity index (χ2v) is 13.3. The zero-order valence-corrected chi connectivity index (χ0v) is 23.2. The summed E-state index contributed by atoms with van der Waals surface area (Å²) in [6, 6.07) is 7.85. The number of rotatable bonds is 6. The van der Waals surface area contributed by atoms with E-state index < -0.39 is 16.6 Å². The molecule has 0 spiro atoms. The largest absolute Gasteiger partial charge is 0.497 e. The van der Waals surface area contributed by atoms with Crippen LogP contribution in [0, 0.1) is 22.7 Å². The molecule has 1 saturated heterocycles. The van der Waals surface area contributed by atoms with Crippen LogP contribution < -0.4 is 4.74 Å². The first-order valence-corrected chi connectivity index (χ1v) is 14.9. The Morgan fingerprint density at radius 1 is 0.946 bits per heavy atom. The number of allylic oxidation sites excluding steroid dienone is 1. The van der Waals surface area contributed by atoms with Crippen LogP contribution in [0.2, 0.25) is 0 Å². The Balaban J connectivity index is 1.19.